The SMILES string of the molecule is CC(=O)Nc1ccc(NC(=O)C(C#N)=Cc2cccc(F)c2F)cc1. The lowest BCUT2D eigenvalue weighted by Crippen LogP contribution is -2.13. The summed E-state index contributed by atoms with van der Waals surface area (Å²) in [7, 11) is 0. The number of nitrogens with zero attached hydrogens (tertiary/aromatic N) is 1. The predicted molar refractivity (Wildman–Crippen MR) is 89.3 cm³/mol. The minimum absolute atomic E-state index is 0.201. The van der Waals surface area contributed by atoms with Gasteiger partial charge in [-0.15, -0.1) is 0 Å². The largest absolute Gasteiger partial charge is 0.326 e. The summed E-state index contributed by atoms with van der Waals surface area (Å²) in [4.78, 5) is 23.1. The molecule has 25 heavy (non-hydrogen) atoms. The molecule has 0 bridgehead atoms. The number of carbonyl (C=O) groups is 2. The molecule has 2 aromatic carbocycles. The molecule has 2 aromatic rings. The quantitative estimate of drug-likeness (QED) is 0.660. The van der Waals surface area contributed by atoms with Crippen molar-refractivity contribution in [3.8, 4) is 6.07 Å². The van der Waals surface area contributed by atoms with Crippen LogP contribution in [0.25, 0.3) is 6.08 Å². The first kappa shape index (κ1) is 17.8. The Morgan fingerprint density at radius 2 is 1.64 bits per heavy atom. The Kier molecular flexibility index (Phi) is 5.58. The molecular weight excluding hydrogens is 328 g/mol. The van der Waals surface area contributed by atoms with E-state index >= 15 is 0 Å². The molecule has 0 aliphatic heterocycles. The normalized spacial score (nSPS) is 10.7. The molecule has 0 aromatic heterocycles. The summed E-state index contributed by atoms with van der Waals surface area (Å²) >= 11 is 0. The van der Waals surface area contributed by atoms with Crippen LogP contribution >= 0.6 is 0 Å². The third kappa shape index (κ3) is 4.72. The molecule has 0 radical (unpaired) electrons. The second kappa shape index (κ2) is 7.84. The van der Waals surface area contributed by atoms with Gasteiger partial charge in [0, 0.05) is 23.9 Å². The van der Waals surface area contributed by atoms with Crippen LogP contribution in [0, 0.1) is 23.0 Å². The fourth-order valence-electron chi connectivity index (χ4n) is 1.97. The molecular formula is C18H13F2N3O2. The van der Waals surface area contributed by atoms with Crippen molar-refractivity contribution in [1.82, 2.24) is 0 Å². The highest BCUT2D eigenvalue weighted by Gasteiger charge is 2.12. The van der Waals surface area contributed by atoms with Gasteiger partial charge in [-0.3, -0.25) is 9.59 Å². The fraction of sp³-hybridized carbons (Fsp3) is 0.0556. The third-order valence-corrected chi connectivity index (χ3v) is 3.11. The maximum Gasteiger partial charge on any atom is 0.266 e. The van der Waals surface area contributed by atoms with Crippen LogP contribution in [-0.2, 0) is 9.59 Å². The van der Waals surface area contributed by atoms with E-state index in [1.807, 2.05) is 0 Å². The Morgan fingerprint density at radius 1 is 1.04 bits per heavy atom. The molecule has 0 heterocycles. The molecule has 0 saturated heterocycles. The number of rotatable bonds is 4. The van der Waals surface area contributed by atoms with Crippen LogP contribution in [0.3, 0.4) is 0 Å². The van der Waals surface area contributed by atoms with Crippen LogP contribution < -0.4 is 10.6 Å². The summed E-state index contributed by atoms with van der Waals surface area (Å²) in [5.41, 5.74) is 0.339. The third-order valence-electron chi connectivity index (χ3n) is 3.11. The van der Waals surface area contributed by atoms with Gasteiger partial charge in [0.2, 0.25) is 5.91 Å². The van der Waals surface area contributed by atoms with Crippen molar-refractivity contribution in [2.45, 2.75) is 6.92 Å². The van der Waals surface area contributed by atoms with Gasteiger partial charge in [0.15, 0.2) is 11.6 Å². The van der Waals surface area contributed by atoms with Gasteiger partial charge in [-0.25, -0.2) is 8.78 Å². The van der Waals surface area contributed by atoms with Crippen LogP contribution in [0.2, 0.25) is 0 Å². The standard InChI is InChI=1S/C18H13F2N3O2/c1-11(24)22-14-5-7-15(8-6-14)23-18(25)13(10-21)9-12-3-2-4-16(19)17(12)20/h2-9H,1H3,(H,22,24)(H,23,25). The first-order valence-corrected chi connectivity index (χ1v) is 7.15. The van der Waals surface area contributed by atoms with Crippen molar-refractivity contribution in [3.63, 3.8) is 0 Å². The summed E-state index contributed by atoms with van der Waals surface area (Å²) in [6, 6.07) is 11.3. The van der Waals surface area contributed by atoms with E-state index in [-0.39, 0.29) is 17.0 Å². The maximum absolute atomic E-state index is 13.6. The van der Waals surface area contributed by atoms with Gasteiger partial charge in [-0.1, -0.05) is 12.1 Å². The highest BCUT2D eigenvalue weighted by atomic mass is 19.2. The number of anilines is 2. The van der Waals surface area contributed by atoms with Crippen LogP contribution in [0.5, 0.6) is 0 Å². The van der Waals surface area contributed by atoms with Gasteiger partial charge >= 0.3 is 0 Å². The topological polar surface area (TPSA) is 82.0 Å². The summed E-state index contributed by atoms with van der Waals surface area (Å²) in [5, 5.41) is 14.1. The summed E-state index contributed by atoms with van der Waals surface area (Å²) in [5.74, 6) is -3.20. The summed E-state index contributed by atoms with van der Waals surface area (Å²) < 4.78 is 26.8. The molecule has 2 amide bonds. The van der Waals surface area contributed by atoms with E-state index in [4.69, 9.17) is 5.26 Å². The number of hydrogen-bond donors (Lipinski definition) is 2. The van der Waals surface area contributed by atoms with Crippen molar-refractivity contribution in [1.29, 1.82) is 5.26 Å². The average molecular weight is 341 g/mol. The maximum atomic E-state index is 13.6. The second-order valence-electron chi connectivity index (χ2n) is 5.03. The molecule has 0 spiro atoms. The number of carbonyl (C=O) groups excluding carboxylic acids is 2. The second-order valence-corrected chi connectivity index (χ2v) is 5.03. The predicted octanol–water partition coefficient (Wildman–Crippen LogP) is 3.47. The van der Waals surface area contributed by atoms with E-state index < -0.39 is 17.5 Å². The van der Waals surface area contributed by atoms with Gasteiger partial charge < -0.3 is 10.6 Å². The lowest BCUT2D eigenvalue weighted by atomic mass is 10.1. The first-order chi connectivity index (χ1) is 11.9. The molecule has 0 aliphatic carbocycles. The molecule has 0 saturated carbocycles. The average Bonchev–Trinajstić information content (AvgIpc) is 2.57. The minimum Gasteiger partial charge on any atom is -0.326 e. The zero-order valence-corrected chi connectivity index (χ0v) is 13.1. The Labute approximate surface area is 142 Å². The molecule has 7 heteroatoms. The number of benzene rings is 2. The molecule has 5 nitrogen and oxygen atoms in total. The van der Waals surface area contributed by atoms with Crippen molar-refractivity contribution in [2.75, 3.05) is 10.6 Å². The molecule has 0 fully saturated rings. The van der Waals surface area contributed by atoms with Crippen LogP contribution in [0.1, 0.15) is 12.5 Å². The van der Waals surface area contributed by atoms with E-state index in [1.165, 1.54) is 31.2 Å². The zero-order chi connectivity index (χ0) is 18.4. The summed E-state index contributed by atoms with van der Waals surface area (Å²) in [6.07, 6.45) is 0.972. The number of nitrogens with one attached hydrogen (secondary N) is 2. The number of amides is 2. The molecule has 0 aliphatic rings. The highest BCUT2D eigenvalue weighted by molar-refractivity contribution is 6.09. The Bertz CT molecular complexity index is 884. The zero-order valence-electron chi connectivity index (χ0n) is 13.1. The van der Waals surface area contributed by atoms with Gasteiger partial charge in [-0.05, 0) is 36.4 Å². The van der Waals surface area contributed by atoms with Crippen molar-refractivity contribution >= 4 is 29.3 Å². The van der Waals surface area contributed by atoms with Crippen molar-refractivity contribution in [3.05, 3.63) is 65.2 Å². The van der Waals surface area contributed by atoms with Gasteiger partial charge in [0.25, 0.3) is 5.91 Å². The molecule has 126 valence electrons. The summed E-state index contributed by atoms with van der Waals surface area (Å²) in [6.45, 7) is 1.37. The minimum atomic E-state index is -1.14. The Morgan fingerprint density at radius 3 is 2.20 bits per heavy atom. The van der Waals surface area contributed by atoms with E-state index in [9.17, 15) is 18.4 Å². The van der Waals surface area contributed by atoms with Crippen molar-refractivity contribution < 1.29 is 18.4 Å². The van der Waals surface area contributed by atoms with E-state index in [0.29, 0.717) is 11.4 Å². The monoisotopic (exact) mass is 341 g/mol. The van der Waals surface area contributed by atoms with Crippen LogP contribution in [0.4, 0.5) is 20.2 Å². The van der Waals surface area contributed by atoms with Gasteiger partial charge in [-0.2, -0.15) is 5.26 Å². The van der Waals surface area contributed by atoms with Crippen LogP contribution in [0.15, 0.2) is 48.0 Å². The number of nitriles is 1. The fourth-order valence-corrected chi connectivity index (χ4v) is 1.97. The number of hydrogen-bond acceptors (Lipinski definition) is 3. The van der Waals surface area contributed by atoms with E-state index in [0.717, 1.165) is 12.1 Å². The lowest BCUT2D eigenvalue weighted by molar-refractivity contribution is -0.114. The number of halogens is 2. The van der Waals surface area contributed by atoms with E-state index in [1.54, 1.807) is 18.2 Å². The molecule has 2 rings (SSSR count). The Balaban J connectivity index is 2.17. The Hall–Kier alpha value is -3.53. The molecule has 2 N–H and O–H groups in total. The first-order valence-electron chi connectivity index (χ1n) is 7.15. The van der Waals surface area contributed by atoms with Gasteiger partial charge in [0.1, 0.15) is 11.6 Å². The lowest BCUT2D eigenvalue weighted by Gasteiger charge is -2.06. The molecule has 0 unspecified atom stereocenters. The van der Waals surface area contributed by atoms with Gasteiger partial charge in [0.05, 0.1) is 0 Å². The van der Waals surface area contributed by atoms with E-state index in [2.05, 4.69) is 10.6 Å². The highest BCUT2D eigenvalue weighted by Crippen LogP contribution is 2.17. The van der Waals surface area contributed by atoms with Crippen LogP contribution in [-0.4, -0.2) is 11.8 Å². The van der Waals surface area contributed by atoms with Crippen molar-refractivity contribution in [2.24, 2.45) is 0 Å². The smallest absolute Gasteiger partial charge is 0.266 e. The molecule has 0 atom stereocenters.